The maximum Gasteiger partial charge on any atom is 0.119 e. The van der Waals surface area contributed by atoms with E-state index in [1.54, 1.807) is 13.2 Å². The Bertz CT molecular complexity index is 599. The lowest BCUT2D eigenvalue weighted by Gasteiger charge is -2.17. The molecule has 0 aromatic heterocycles. The lowest BCUT2D eigenvalue weighted by molar-refractivity contribution is 0.220. The summed E-state index contributed by atoms with van der Waals surface area (Å²) in [6.45, 7) is 1.94. The van der Waals surface area contributed by atoms with Gasteiger partial charge in [0.25, 0.3) is 0 Å². The molecule has 4 heteroatoms. The summed E-state index contributed by atoms with van der Waals surface area (Å²) in [4.78, 5) is 0. The normalized spacial score (nSPS) is 12.2. The van der Waals surface area contributed by atoms with Crippen LogP contribution in [0.1, 0.15) is 22.8 Å². The minimum absolute atomic E-state index is 0.575. The van der Waals surface area contributed by atoms with Crippen LogP contribution in [0.25, 0.3) is 0 Å². The zero-order valence-corrected chi connectivity index (χ0v) is 12.4. The number of nitrogens with two attached hydrogens (primary N) is 1. The quantitative estimate of drug-likeness (QED) is 0.851. The summed E-state index contributed by atoms with van der Waals surface area (Å²) in [5, 5.41) is 10.5. The largest absolute Gasteiger partial charge is 0.497 e. The zero-order valence-electron chi connectivity index (χ0n) is 10.9. The fraction of sp³-hybridized carbons (Fsp3) is 0.200. The highest BCUT2D eigenvalue weighted by Gasteiger charge is 2.16. The maximum atomic E-state index is 10.5. The van der Waals surface area contributed by atoms with Gasteiger partial charge in [-0.2, -0.15) is 0 Å². The van der Waals surface area contributed by atoms with Crippen molar-refractivity contribution in [3.05, 3.63) is 57.6 Å². The molecule has 2 aromatic carbocycles. The number of aliphatic hydroxyl groups is 1. The molecule has 0 amide bonds. The van der Waals surface area contributed by atoms with Gasteiger partial charge in [-0.05, 0) is 48.4 Å². The molecule has 0 aliphatic rings. The summed E-state index contributed by atoms with van der Waals surface area (Å²) < 4.78 is 6.06. The molecule has 1 unspecified atom stereocenters. The summed E-state index contributed by atoms with van der Waals surface area (Å²) in [5.74, 6) is 0.774. The number of ether oxygens (including phenoxy) is 1. The predicted octanol–water partition coefficient (Wildman–Crippen LogP) is 3.43. The average molecular weight is 322 g/mol. The third-order valence-corrected chi connectivity index (χ3v) is 3.61. The second kappa shape index (κ2) is 5.63. The Morgan fingerprint density at radius 3 is 2.53 bits per heavy atom. The van der Waals surface area contributed by atoms with Crippen LogP contribution in [-0.4, -0.2) is 12.2 Å². The Labute approximate surface area is 121 Å². The SMILES string of the molecule is COc1ccc(C(O)c2cc(Br)ccc2N)c(C)c1. The molecule has 0 aliphatic heterocycles. The van der Waals surface area contributed by atoms with Gasteiger partial charge in [0.05, 0.1) is 7.11 Å². The molecule has 0 saturated heterocycles. The number of benzene rings is 2. The number of halogens is 1. The molecule has 0 fully saturated rings. The molecule has 0 heterocycles. The van der Waals surface area contributed by atoms with E-state index < -0.39 is 6.10 Å². The van der Waals surface area contributed by atoms with E-state index in [-0.39, 0.29) is 0 Å². The van der Waals surface area contributed by atoms with Crippen molar-refractivity contribution in [1.82, 2.24) is 0 Å². The lowest BCUT2D eigenvalue weighted by atomic mass is 9.96. The van der Waals surface area contributed by atoms with Gasteiger partial charge in [-0.25, -0.2) is 0 Å². The third kappa shape index (κ3) is 2.91. The van der Waals surface area contributed by atoms with Gasteiger partial charge in [0.2, 0.25) is 0 Å². The van der Waals surface area contributed by atoms with Gasteiger partial charge < -0.3 is 15.6 Å². The van der Waals surface area contributed by atoms with E-state index in [2.05, 4.69) is 15.9 Å². The minimum Gasteiger partial charge on any atom is -0.497 e. The van der Waals surface area contributed by atoms with Crippen molar-refractivity contribution < 1.29 is 9.84 Å². The third-order valence-electron chi connectivity index (χ3n) is 3.11. The first-order valence-electron chi connectivity index (χ1n) is 5.90. The van der Waals surface area contributed by atoms with Gasteiger partial charge in [0.1, 0.15) is 11.9 Å². The van der Waals surface area contributed by atoms with Gasteiger partial charge in [0.15, 0.2) is 0 Å². The molecule has 0 bridgehead atoms. The number of aliphatic hydroxyl groups excluding tert-OH is 1. The highest BCUT2D eigenvalue weighted by molar-refractivity contribution is 9.10. The smallest absolute Gasteiger partial charge is 0.119 e. The summed E-state index contributed by atoms with van der Waals surface area (Å²) in [6.07, 6.45) is -0.747. The van der Waals surface area contributed by atoms with Crippen LogP contribution >= 0.6 is 15.9 Å². The lowest BCUT2D eigenvalue weighted by Crippen LogP contribution is -2.05. The number of hydrogen-bond donors (Lipinski definition) is 2. The Kier molecular flexibility index (Phi) is 4.12. The van der Waals surface area contributed by atoms with E-state index in [1.807, 2.05) is 37.3 Å². The minimum atomic E-state index is -0.747. The van der Waals surface area contributed by atoms with Gasteiger partial charge in [-0.15, -0.1) is 0 Å². The molecule has 3 N–H and O–H groups in total. The van der Waals surface area contributed by atoms with Crippen molar-refractivity contribution >= 4 is 21.6 Å². The first-order valence-corrected chi connectivity index (χ1v) is 6.69. The standard InChI is InChI=1S/C15H16BrNO2/c1-9-7-11(19-2)4-5-12(9)15(18)13-8-10(16)3-6-14(13)17/h3-8,15,18H,17H2,1-2H3. The van der Waals surface area contributed by atoms with Gasteiger partial charge in [0, 0.05) is 15.7 Å². The van der Waals surface area contributed by atoms with Crippen molar-refractivity contribution in [3.63, 3.8) is 0 Å². The molecule has 0 spiro atoms. The summed E-state index contributed by atoms with van der Waals surface area (Å²) in [6, 6.07) is 11.1. The van der Waals surface area contributed by atoms with Crippen LogP contribution in [0.5, 0.6) is 5.75 Å². The average Bonchev–Trinajstić information content (AvgIpc) is 2.40. The van der Waals surface area contributed by atoms with Crippen LogP contribution in [0, 0.1) is 6.92 Å². The van der Waals surface area contributed by atoms with E-state index in [9.17, 15) is 5.11 Å². The highest BCUT2D eigenvalue weighted by atomic mass is 79.9. The van der Waals surface area contributed by atoms with E-state index in [0.29, 0.717) is 11.3 Å². The highest BCUT2D eigenvalue weighted by Crippen LogP contribution is 2.32. The van der Waals surface area contributed by atoms with Crippen molar-refractivity contribution in [3.8, 4) is 5.75 Å². The van der Waals surface area contributed by atoms with E-state index in [0.717, 1.165) is 21.3 Å². The van der Waals surface area contributed by atoms with Crippen LogP contribution in [0.4, 0.5) is 5.69 Å². The molecule has 19 heavy (non-hydrogen) atoms. The zero-order chi connectivity index (χ0) is 14.0. The molecular weight excluding hydrogens is 306 g/mol. The number of hydrogen-bond acceptors (Lipinski definition) is 3. The van der Waals surface area contributed by atoms with Crippen LogP contribution in [0.15, 0.2) is 40.9 Å². The van der Waals surface area contributed by atoms with Crippen molar-refractivity contribution in [2.75, 3.05) is 12.8 Å². The Morgan fingerprint density at radius 1 is 1.16 bits per heavy atom. The van der Waals surface area contributed by atoms with E-state index in [4.69, 9.17) is 10.5 Å². The molecule has 1 atom stereocenters. The number of rotatable bonds is 3. The van der Waals surface area contributed by atoms with Crippen LogP contribution in [0.3, 0.4) is 0 Å². The van der Waals surface area contributed by atoms with E-state index >= 15 is 0 Å². The molecule has 0 saturated carbocycles. The van der Waals surface area contributed by atoms with Crippen molar-refractivity contribution in [2.45, 2.75) is 13.0 Å². The second-order valence-electron chi connectivity index (χ2n) is 4.40. The van der Waals surface area contributed by atoms with E-state index in [1.165, 1.54) is 0 Å². The van der Waals surface area contributed by atoms with Crippen molar-refractivity contribution in [2.24, 2.45) is 0 Å². The first kappa shape index (κ1) is 13.9. The van der Waals surface area contributed by atoms with Crippen molar-refractivity contribution in [1.29, 1.82) is 0 Å². The van der Waals surface area contributed by atoms with Gasteiger partial charge in [-0.1, -0.05) is 22.0 Å². The summed E-state index contributed by atoms with van der Waals surface area (Å²) in [5.41, 5.74) is 8.99. The number of nitrogen functional groups attached to an aromatic ring is 1. The summed E-state index contributed by atoms with van der Waals surface area (Å²) >= 11 is 3.39. The fourth-order valence-electron chi connectivity index (χ4n) is 2.03. The second-order valence-corrected chi connectivity index (χ2v) is 5.31. The fourth-order valence-corrected chi connectivity index (χ4v) is 2.41. The number of anilines is 1. The van der Waals surface area contributed by atoms with Gasteiger partial charge in [-0.3, -0.25) is 0 Å². The summed E-state index contributed by atoms with van der Waals surface area (Å²) in [7, 11) is 1.62. The molecule has 0 radical (unpaired) electrons. The molecule has 2 aromatic rings. The molecule has 0 aliphatic carbocycles. The first-order chi connectivity index (χ1) is 9.02. The number of aryl methyl sites for hydroxylation is 1. The Hall–Kier alpha value is -1.52. The monoisotopic (exact) mass is 321 g/mol. The molecule has 3 nitrogen and oxygen atoms in total. The van der Waals surface area contributed by atoms with Crippen LogP contribution in [0.2, 0.25) is 0 Å². The predicted molar refractivity (Wildman–Crippen MR) is 80.3 cm³/mol. The van der Waals surface area contributed by atoms with Crippen LogP contribution < -0.4 is 10.5 Å². The molecular formula is C15H16BrNO2. The van der Waals surface area contributed by atoms with Gasteiger partial charge >= 0.3 is 0 Å². The molecule has 2 rings (SSSR count). The maximum absolute atomic E-state index is 10.5. The number of methoxy groups -OCH3 is 1. The topological polar surface area (TPSA) is 55.5 Å². The molecule has 100 valence electrons. The van der Waals surface area contributed by atoms with Crippen LogP contribution in [-0.2, 0) is 0 Å². The Balaban J connectivity index is 2.43. The Morgan fingerprint density at radius 2 is 1.89 bits per heavy atom.